The quantitative estimate of drug-likeness (QED) is 0.435. The smallest absolute Gasteiger partial charge is 0.414 e. The largest absolute Gasteiger partial charge is 0.444 e. The van der Waals surface area contributed by atoms with Gasteiger partial charge in [-0.3, -0.25) is 19.8 Å². The molecular formula is C25H30N4O6. The molecule has 1 unspecified atom stereocenters. The maximum Gasteiger partial charge on any atom is 0.414 e. The molecule has 0 radical (unpaired) electrons. The number of anilines is 2. The van der Waals surface area contributed by atoms with Gasteiger partial charge in [0, 0.05) is 36.3 Å². The van der Waals surface area contributed by atoms with Crippen LogP contribution in [0.25, 0.3) is 0 Å². The van der Waals surface area contributed by atoms with Crippen molar-refractivity contribution in [1.82, 2.24) is 5.32 Å². The van der Waals surface area contributed by atoms with Gasteiger partial charge in [0.15, 0.2) is 0 Å². The summed E-state index contributed by atoms with van der Waals surface area (Å²) in [7, 11) is 0. The van der Waals surface area contributed by atoms with Crippen molar-refractivity contribution in [2.45, 2.75) is 51.3 Å². The van der Waals surface area contributed by atoms with Gasteiger partial charge in [0.2, 0.25) is 0 Å². The molecule has 2 aliphatic heterocycles. The number of aliphatic hydroxyl groups excluding tert-OH is 1. The Kier molecular flexibility index (Phi) is 7.50. The standard InChI is InChI=1S/C25H30N4O6/c1-2-5-19(15-30)26-24(31)17-8-9-22(23(14-17)29(33)34)27-12-10-20(11-13-27)28-21-7-4-3-6-18(21)16-35-25(28)32/h3-4,6-9,14,19-20,30H,2,5,10-13,15-16H2,1H3,(H,26,31). The number of nitro benzene ring substituents is 1. The van der Waals surface area contributed by atoms with E-state index in [0.29, 0.717) is 38.0 Å². The Morgan fingerprint density at radius 3 is 2.66 bits per heavy atom. The molecule has 1 saturated heterocycles. The summed E-state index contributed by atoms with van der Waals surface area (Å²) in [6.45, 7) is 3.06. The Bertz CT molecular complexity index is 1100. The van der Waals surface area contributed by atoms with Gasteiger partial charge in [-0.25, -0.2) is 4.79 Å². The zero-order valence-corrected chi connectivity index (χ0v) is 19.7. The van der Waals surface area contributed by atoms with E-state index in [1.54, 1.807) is 17.0 Å². The zero-order valence-electron chi connectivity index (χ0n) is 19.7. The summed E-state index contributed by atoms with van der Waals surface area (Å²) in [6, 6.07) is 11.7. The number of cyclic esters (lactones) is 1. The number of carbonyl (C=O) groups excluding carboxylic acids is 2. The number of rotatable bonds is 8. The molecule has 2 aromatic rings. The third kappa shape index (κ3) is 5.22. The molecule has 2 amide bonds. The molecule has 1 fully saturated rings. The molecule has 0 bridgehead atoms. The highest BCUT2D eigenvalue weighted by molar-refractivity contribution is 5.96. The minimum atomic E-state index is -0.480. The molecule has 2 N–H and O–H groups in total. The molecule has 10 nitrogen and oxygen atoms in total. The fourth-order valence-electron chi connectivity index (χ4n) is 4.79. The molecule has 2 aliphatic rings. The minimum Gasteiger partial charge on any atom is -0.444 e. The van der Waals surface area contributed by atoms with Crippen LogP contribution in [0.2, 0.25) is 0 Å². The van der Waals surface area contributed by atoms with Crippen molar-refractivity contribution in [2.24, 2.45) is 0 Å². The molecule has 0 saturated carbocycles. The Morgan fingerprint density at radius 2 is 1.97 bits per heavy atom. The van der Waals surface area contributed by atoms with Gasteiger partial charge in [-0.05, 0) is 37.5 Å². The summed E-state index contributed by atoms with van der Waals surface area (Å²) in [5.74, 6) is -0.451. The average molecular weight is 483 g/mol. The van der Waals surface area contributed by atoms with E-state index in [4.69, 9.17) is 4.74 Å². The number of nitrogens with one attached hydrogen (secondary N) is 1. The summed E-state index contributed by atoms with van der Waals surface area (Å²) in [4.78, 5) is 40.1. The number of amides is 2. The van der Waals surface area contributed by atoms with Crippen molar-refractivity contribution < 1.29 is 24.4 Å². The predicted octanol–water partition coefficient (Wildman–Crippen LogP) is 3.61. The molecule has 186 valence electrons. The Labute approximate surface area is 203 Å². The van der Waals surface area contributed by atoms with E-state index in [1.165, 1.54) is 6.07 Å². The summed E-state index contributed by atoms with van der Waals surface area (Å²) >= 11 is 0. The van der Waals surface area contributed by atoms with E-state index < -0.39 is 16.9 Å². The van der Waals surface area contributed by atoms with Crippen LogP contribution < -0.4 is 15.1 Å². The number of aliphatic hydroxyl groups is 1. The van der Waals surface area contributed by atoms with E-state index in [-0.39, 0.29) is 36.6 Å². The Morgan fingerprint density at radius 1 is 1.23 bits per heavy atom. The number of fused-ring (bicyclic) bond motifs is 1. The topological polar surface area (TPSA) is 125 Å². The highest BCUT2D eigenvalue weighted by Gasteiger charge is 2.35. The highest BCUT2D eigenvalue weighted by atomic mass is 16.6. The van der Waals surface area contributed by atoms with Crippen molar-refractivity contribution >= 4 is 29.1 Å². The molecule has 2 heterocycles. The Hall–Kier alpha value is -3.66. The van der Waals surface area contributed by atoms with Crippen LogP contribution >= 0.6 is 0 Å². The maximum atomic E-state index is 12.6. The van der Waals surface area contributed by atoms with Gasteiger partial charge in [-0.15, -0.1) is 0 Å². The molecule has 0 spiro atoms. The van der Waals surface area contributed by atoms with Crippen molar-refractivity contribution in [3.63, 3.8) is 0 Å². The SMILES string of the molecule is CCCC(CO)NC(=O)c1ccc(N2CCC(N3C(=O)OCc4ccccc43)CC2)c([N+](=O)[O-])c1. The van der Waals surface area contributed by atoms with Crippen LogP contribution in [0, 0.1) is 10.1 Å². The molecule has 0 aromatic heterocycles. The second kappa shape index (κ2) is 10.7. The number of para-hydroxylation sites is 1. The number of benzene rings is 2. The van der Waals surface area contributed by atoms with Crippen molar-refractivity contribution in [1.29, 1.82) is 0 Å². The first-order valence-corrected chi connectivity index (χ1v) is 11.9. The highest BCUT2D eigenvalue weighted by Crippen LogP contribution is 2.35. The fourth-order valence-corrected chi connectivity index (χ4v) is 4.79. The van der Waals surface area contributed by atoms with Crippen LogP contribution in [-0.4, -0.2) is 53.8 Å². The van der Waals surface area contributed by atoms with E-state index in [1.807, 2.05) is 36.1 Å². The van der Waals surface area contributed by atoms with Gasteiger partial charge in [0.05, 0.1) is 23.3 Å². The van der Waals surface area contributed by atoms with Gasteiger partial charge >= 0.3 is 6.09 Å². The maximum absolute atomic E-state index is 12.6. The molecule has 1 atom stereocenters. The molecule has 35 heavy (non-hydrogen) atoms. The zero-order chi connectivity index (χ0) is 24.9. The van der Waals surface area contributed by atoms with E-state index >= 15 is 0 Å². The third-order valence-electron chi connectivity index (χ3n) is 6.60. The summed E-state index contributed by atoms with van der Waals surface area (Å²) in [6.07, 6.45) is 2.29. The number of carbonyl (C=O) groups is 2. The molecule has 10 heteroatoms. The number of nitro groups is 1. The second-order valence-corrected chi connectivity index (χ2v) is 8.87. The number of piperidine rings is 1. The number of nitrogens with zero attached hydrogens (tertiary/aromatic N) is 3. The molecule has 0 aliphatic carbocycles. The van der Waals surface area contributed by atoms with Crippen molar-refractivity contribution in [2.75, 3.05) is 29.5 Å². The molecule has 2 aromatic carbocycles. The lowest BCUT2D eigenvalue weighted by Crippen LogP contribution is -2.49. The summed E-state index contributed by atoms with van der Waals surface area (Å²) < 4.78 is 5.35. The number of ether oxygens (including phenoxy) is 1. The lowest BCUT2D eigenvalue weighted by Gasteiger charge is -2.40. The van der Waals surface area contributed by atoms with E-state index in [2.05, 4.69) is 5.32 Å². The average Bonchev–Trinajstić information content (AvgIpc) is 2.88. The fraction of sp³-hybridized carbons (Fsp3) is 0.440. The van der Waals surface area contributed by atoms with Crippen LogP contribution in [0.15, 0.2) is 42.5 Å². The van der Waals surface area contributed by atoms with Crippen LogP contribution in [-0.2, 0) is 11.3 Å². The first kappa shape index (κ1) is 24.5. The van der Waals surface area contributed by atoms with Gasteiger partial charge in [0.25, 0.3) is 11.6 Å². The number of hydrogen-bond donors (Lipinski definition) is 2. The molecular weight excluding hydrogens is 452 g/mol. The molecule has 4 rings (SSSR count). The lowest BCUT2D eigenvalue weighted by atomic mass is 9.99. The van der Waals surface area contributed by atoms with Crippen molar-refractivity contribution in [3.8, 4) is 0 Å². The van der Waals surface area contributed by atoms with Crippen LogP contribution in [0.4, 0.5) is 21.9 Å². The van der Waals surface area contributed by atoms with Gasteiger partial charge in [-0.2, -0.15) is 0 Å². The van der Waals surface area contributed by atoms with Crippen LogP contribution in [0.3, 0.4) is 0 Å². The monoisotopic (exact) mass is 482 g/mol. The van der Waals surface area contributed by atoms with E-state index in [9.17, 15) is 24.8 Å². The Balaban J connectivity index is 1.48. The van der Waals surface area contributed by atoms with Crippen LogP contribution in [0.5, 0.6) is 0 Å². The number of hydrogen-bond acceptors (Lipinski definition) is 7. The summed E-state index contributed by atoms with van der Waals surface area (Å²) in [5, 5.41) is 24.0. The third-order valence-corrected chi connectivity index (χ3v) is 6.60. The van der Waals surface area contributed by atoms with E-state index in [0.717, 1.165) is 17.7 Å². The van der Waals surface area contributed by atoms with Gasteiger partial charge < -0.3 is 20.1 Å². The van der Waals surface area contributed by atoms with Gasteiger partial charge in [-0.1, -0.05) is 31.5 Å². The lowest BCUT2D eigenvalue weighted by molar-refractivity contribution is -0.384. The van der Waals surface area contributed by atoms with Crippen LogP contribution in [0.1, 0.15) is 48.5 Å². The van der Waals surface area contributed by atoms with Crippen molar-refractivity contribution in [3.05, 3.63) is 63.7 Å². The van der Waals surface area contributed by atoms with Gasteiger partial charge in [0.1, 0.15) is 12.3 Å². The summed E-state index contributed by atoms with van der Waals surface area (Å²) in [5.41, 5.74) is 2.29. The normalized spacial score (nSPS) is 16.9. The predicted molar refractivity (Wildman–Crippen MR) is 131 cm³/mol. The first-order valence-electron chi connectivity index (χ1n) is 11.9. The second-order valence-electron chi connectivity index (χ2n) is 8.87. The first-order chi connectivity index (χ1) is 16.9. The minimum absolute atomic E-state index is 0.0710.